The van der Waals surface area contributed by atoms with Gasteiger partial charge in [0.2, 0.25) is 5.91 Å². The van der Waals surface area contributed by atoms with Crippen molar-refractivity contribution >= 4 is 5.91 Å². The van der Waals surface area contributed by atoms with E-state index in [2.05, 4.69) is 17.6 Å². The Kier molecular flexibility index (Phi) is 4.22. The summed E-state index contributed by atoms with van der Waals surface area (Å²) in [5.74, 6) is 0.0741. The van der Waals surface area contributed by atoms with Crippen LogP contribution >= 0.6 is 0 Å². The van der Waals surface area contributed by atoms with E-state index in [1.807, 2.05) is 0 Å². The Morgan fingerprint density at radius 2 is 2.15 bits per heavy atom. The minimum Gasteiger partial charge on any atom is -0.356 e. The molecule has 0 aromatic carbocycles. The highest BCUT2D eigenvalue weighted by molar-refractivity contribution is 5.72. The lowest BCUT2D eigenvalue weighted by Gasteiger charge is -2.12. The number of carbonyl (C=O) groups excluding carboxylic acids is 1. The summed E-state index contributed by atoms with van der Waals surface area (Å²) in [7, 11) is 0. The molecule has 0 radical (unpaired) electrons. The number of rotatable bonds is 4. The van der Waals surface area contributed by atoms with E-state index in [0.717, 1.165) is 13.0 Å². The molecule has 1 rings (SSSR count). The lowest BCUT2D eigenvalue weighted by Crippen LogP contribution is -2.32. The van der Waals surface area contributed by atoms with Crippen LogP contribution in [0, 0.1) is 0 Å². The third kappa shape index (κ3) is 3.77. The average Bonchev–Trinajstić information content (AvgIpc) is 2.52. The Bertz CT molecular complexity index is 170. The smallest absolute Gasteiger partial charge is 0.216 e. The fourth-order valence-electron chi connectivity index (χ4n) is 1.87. The van der Waals surface area contributed by atoms with Gasteiger partial charge in [-0.2, -0.15) is 0 Å². The summed E-state index contributed by atoms with van der Waals surface area (Å²) in [6, 6.07) is 1.33. The summed E-state index contributed by atoms with van der Waals surface area (Å²) in [5.41, 5.74) is 0. The Hall–Kier alpha value is -0.570. The topological polar surface area (TPSA) is 41.1 Å². The first-order valence-electron chi connectivity index (χ1n) is 5.23. The quantitative estimate of drug-likeness (QED) is 0.685. The van der Waals surface area contributed by atoms with Gasteiger partial charge in [0.15, 0.2) is 0 Å². The minimum atomic E-state index is 0.0741. The molecular weight excluding hydrogens is 164 g/mol. The second-order valence-corrected chi connectivity index (χ2v) is 3.82. The highest BCUT2D eigenvalue weighted by Crippen LogP contribution is 2.16. The van der Waals surface area contributed by atoms with Crippen molar-refractivity contribution in [1.82, 2.24) is 10.6 Å². The fourth-order valence-corrected chi connectivity index (χ4v) is 1.87. The van der Waals surface area contributed by atoms with Gasteiger partial charge in [-0.3, -0.25) is 4.79 Å². The average molecular weight is 184 g/mol. The first-order chi connectivity index (χ1) is 6.22. The molecule has 0 spiro atoms. The summed E-state index contributed by atoms with van der Waals surface area (Å²) in [6.07, 6.45) is 4.84. The molecule has 0 aliphatic carbocycles. The summed E-state index contributed by atoms with van der Waals surface area (Å²) in [6.45, 7) is 4.59. The van der Waals surface area contributed by atoms with Gasteiger partial charge in [0.05, 0.1) is 0 Å². The molecule has 1 fully saturated rings. The van der Waals surface area contributed by atoms with Crippen LogP contribution < -0.4 is 10.6 Å². The van der Waals surface area contributed by atoms with Gasteiger partial charge in [-0.15, -0.1) is 0 Å². The van der Waals surface area contributed by atoms with Crippen LogP contribution in [0.15, 0.2) is 0 Å². The number of amides is 1. The second kappa shape index (κ2) is 5.22. The van der Waals surface area contributed by atoms with E-state index >= 15 is 0 Å². The SMILES string of the molecule is CC[C@H]1CC[C@@H](CCNC(C)=O)N1. The second-order valence-electron chi connectivity index (χ2n) is 3.82. The Morgan fingerprint density at radius 3 is 2.69 bits per heavy atom. The van der Waals surface area contributed by atoms with E-state index in [1.165, 1.54) is 19.3 Å². The van der Waals surface area contributed by atoms with E-state index in [9.17, 15) is 4.79 Å². The van der Waals surface area contributed by atoms with Crippen molar-refractivity contribution < 1.29 is 4.79 Å². The van der Waals surface area contributed by atoms with E-state index in [1.54, 1.807) is 6.92 Å². The molecule has 76 valence electrons. The van der Waals surface area contributed by atoms with Crippen LogP contribution in [0.4, 0.5) is 0 Å². The van der Waals surface area contributed by atoms with Gasteiger partial charge in [0, 0.05) is 25.6 Å². The molecule has 13 heavy (non-hydrogen) atoms. The molecule has 0 saturated carbocycles. The van der Waals surface area contributed by atoms with Crippen molar-refractivity contribution in [3.8, 4) is 0 Å². The monoisotopic (exact) mass is 184 g/mol. The molecule has 0 unspecified atom stereocenters. The highest BCUT2D eigenvalue weighted by Gasteiger charge is 2.21. The van der Waals surface area contributed by atoms with Crippen LogP contribution in [-0.4, -0.2) is 24.5 Å². The van der Waals surface area contributed by atoms with Crippen LogP contribution in [0.3, 0.4) is 0 Å². The largest absolute Gasteiger partial charge is 0.356 e. The van der Waals surface area contributed by atoms with E-state index < -0.39 is 0 Å². The molecular formula is C10H20N2O. The van der Waals surface area contributed by atoms with Crippen LogP contribution in [0.5, 0.6) is 0 Å². The number of hydrogen-bond acceptors (Lipinski definition) is 2. The maximum Gasteiger partial charge on any atom is 0.216 e. The predicted molar refractivity (Wildman–Crippen MR) is 53.5 cm³/mol. The zero-order chi connectivity index (χ0) is 9.68. The number of hydrogen-bond donors (Lipinski definition) is 2. The van der Waals surface area contributed by atoms with Gasteiger partial charge in [-0.1, -0.05) is 6.92 Å². The third-order valence-electron chi connectivity index (χ3n) is 2.69. The van der Waals surface area contributed by atoms with Crippen LogP contribution in [0.25, 0.3) is 0 Å². The predicted octanol–water partition coefficient (Wildman–Crippen LogP) is 1.04. The molecule has 0 bridgehead atoms. The highest BCUT2D eigenvalue weighted by atomic mass is 16.1. The molecule has 2 atom stereocenters. The fraction of sp³-hybridized carbons (Fsp3) is 0.900. The van der Waals surface area contributed by atoms with E-state index in [0.29, 0.717) is 12.1 Å². The molecule has 1 saturated heterocycles. The summed E-state index contributed by atoms with van der Waals surface area (Å²) < 4.78 is 0. The van der Waals surface area contributed by atoms with Gasteiger partial charge in [0.1, 0.15) is 0 Å². The lowest BCUT2D eigenvalue weighted by atomic mass is 10.1. The number of nitrogens with one attached hydrogen (secondary N) is 2. The van der Waals surface area contributed by atoms with Crippen molar-refractivity contribution in [2.45, 2.75) is 51.6 Å². The maximum atomic E-state index is 10.6. The first kappa shape index (κ1) is 10.5. The molecule has 3 nitrogen and oxygen atoms in total. The Morgan fingerprint density at radius 1 is 1.46 bits per heavy atom. The summed E-state index contributed by atoms with van der Waals surface area (Å²) in [5, 5.41) is 6.39. The van der Waals surface area contributed by atoms with Crippen molar-refractivity contribution in [1.29, 1.82) is 0 Å². The van der Waals surface area contributed by atoms with Gasteiger partial charge in [-0.25, -0.2) is 0 Å². The molecule has 1 aliphatic rings. The maximum absolute atomic E-state index is 10.6. The van der Waals surface area contributed by atoms with Gasteiger partial charge in [0.25, 0.3) is 0 Å². The van der Waals surface area contributed by atoms with Crippen molar-refractivity contribution in [2.75, 3.05) is 6.54 Å². The molecule has 1 aliphatic heterocycles. The van der Waals surface area contributed by atoms with Crippen LogP contribution in [0.1, 0.15) is 39.5 Å². The van der Waals surface area contributed by atoms with Crippen molar-refractivity contribution in [3.63, 3.8) is 0 Å². The zero-order valence-corrected chi connectivity index (χ0v) is 8.60. The Labute approximate surface area is 80.3 Å². The van der Waals surface area contributed by atoms with E-state index in [-0.39, 0.29) is 5.91 Å². The minimum absolute atomic E-state index is 0.0741. The third-order valence-corrected chi connectivity index (χ3v) is 2.69. The first-order valence-corrected chi connectivity index (χ1v) is 5.23. The Balaban J connectivity index is 2.07. The van der Waals surface area contributed by atoms with Crippen LogP contribution in [-0.2, 0) is 4.79 Å². The van der Waals surface area contributed by atoms with Crippen LogP contribution in [0.2, 0.25) is 0 Å². The standard InChI is InChI=1S/C10H20N2O/c1-3-9-4-5-10(12-9)6-7-11-8(2)13/h9-10,12H,3-7H2,1-2H3,(H,11,13)/t9-,10-/m0/s1. The molecule has 1 amide bonds. The summed E-state index contributed by atoms with van der Waals surface area (Å²) in [4.78, 5) is 10.6. The molecule has 3 heteroatoms. The molecule has 1 heterocycles. The number of carbonyl (C=O) groups is 1. The zero-order valence-electron chi connectivity index (χ0n) is 8.60. The normalized spacial score (nSPS) is 27.5. The van der Waals surface area contributed by atoms with Crippen molar-refractivity contribution in [2.24, 2.45) is 0 Å². The molecule has 0 aromatic rings. The molecule has 0 aromatic heterocycles. The van der Waals surface area contributed by atoms with Gasteiger partial charge < -0.3 is 10.6 Å². The van der Waals surface area contributed by atoms with Crippen molar-refractivity contribution in [3.05, 3.63) is 0 Å². The van der Waals surface area contributed by atoms with Gasteiger partial charge >= 0.3 is 0 Å². The van der Waals surface area contributed by atoms with Gasteiger partial charge in [-0.05, 0) is 25.7 Å². The summed E-state index contributed by atoms with van der Waals surface area (Å²) >= 11 is 0. The molecule has 2 N–H and O–H groups in total. The van der Waals surface area contributed by atoms with E-state index in [4.69, 9.17) is 0 Å². The lowest BCUT2D eigenvalue weighted by molar-refractivity contribution is -0.118.